The molecule has 0 bridgehead atoms. The Morgan fingerprint density at radius 3 is 2.65 bits per heavy atom. The fourth-order valence-electron chi connectivity index (χ4n) is 4.60. The van der Waals surface area contributed by atoms with Crippen LogP contribution in [-0.4, -0.2) is 53.5 Å². The molecule has 2 fully saturated rings. The van der Waals surface area contributed by atoms with Gasteiger partial charge in [0.2, 0.25) is 0 Å². The SMILES string of the molecule is CCN1C[C@H]2[C@@H](c3ccc(-c4ccccc4F)o3)NC(CO)(CO)[C@H]2C1. The lowest BCUT2D eigenvalue weighted by atomic mass is 9.81. The lowest BCUT2D eigenvalue weighted by Crippen LogP contribution is -2.53. The number of fused-ring (bicyclic) bond motifs is 1. The molecule has 4 rings (SSSR count). The first kappa shape index (κ1) is 17.7. The third kappa shape index (κ3) is 2.68. The van der Waals surface area contributed by atoms with E-state index in [-0.39, 0.29) is 36.9 Å². The van der Waals surface area contributed by atoms with Gasteiger partial charge in [-0.2, -0.15) is 0 Å². The summed E-state index contributed by atoms with van der Waals surface area (Å²) < 4.78 is 20.1. The summed E-state index contributed by atoms with van der Waals surface area (Å²) in [7, 11) is 0. The van der Waals surface area contributed by atoms with Gasteiger partial charge in [0.1, 0.15) is 17.3 Å². The third-order valence-corrected chi connectivity index (χ3v) is 6.11. The van der Waals surface area contributed by atoms with Gasteiger partial charge >= 0.3 is 0 Å². The Morgan fingerprint density at radius 2 is 1.96 bits per heavy atom. The number of nitrogens with zero attached hydrogens (tertiary/aromatic N) is 1. The van der Waals surface area contributed by atoms with Crippen molar-refractivity contribution in [3.05, 3.63) is 48.0 Å². The van der Waals surface area contributed by atoms with Crippen LogP contribution in [0.25, 0.3) is 11.3 Å². The standard InChI is InChI=1S/C20H25FN2O3/c1-2-23-9-14-15(10-23)20(11-24,12-25)22-19(14)18-8-7-17(26-18)13-5-3-4-6-16(13)21/h3-8,14-15,19,22,24-25H,2,9-12H2,1H3/t14-,15+,19+/m1/s1. The van der Waals surface area contributed by atoms with E-state index >= 15 is 0 Å². The summed E-state index contributed by atoms with van der Waals surface area (Å²) in [6.07, 6.45) is 0. The minimum atomic E-state index is -0.718. The summed E-state index contributed by atoms with van der Waals surface area (Å²) in [6.45, 7) is 4.53. The number of aliphatic hydroxyl groups excluding tert-OH is 2. The first-order valence-electron chi connectivity index (χ1n) is 9.18. The maximum Gasteiger partial charge on any atom is 0.137 e. The monoisotopic (exact) mass is 360 g/mol. The number of furan rings is 1. The van der Waals surface area contributed by atoms with Gasteiger partial charge in [-0.05, 0) is 30.8 Å². The average molecular weight is 360 g/mol. The molecule has 6 heteroatoms. The van der Waals surface area contributed by atoms with E-state index in [1.807, 2.05) is 6.07 Å². The van der Waals surface area contributed by atoms with Crippen molar-refractivity contribution in [2.75, 3.05) is 32.8 Å². The number of nitrogens with one attached hydrogen (secondary N) is 1. The summed E-state index contributed by atoms with van der Waals surface area (Å²) in [5.41, 5.74) is -0.282. The Kier molecular flexibility index (Phi) is 4.61. The minimum absolute atomic E-state index is 0.114. The molecule has 0 saturated carbocycles. The zero-order valence-electron chi connectivity index (χ0n) is 14.9. The molecule has 2 aliphatic rings. The fraction of sp³-hybridized carbons (Fsp3) is 0.500. The van der Waals surface area contributed by atoms with Crippen LogP contribution in [0.2, 0.25) is 0 Å². The molecule has 0 unspecified atom stereocenters. The smallest absolute Gasteiger partial charge is 0.137 e. The highest BCUT2D eigenvalue weighted by Gasteiger charge is 2.57. The maximum absolute atomic E-state index is 14.1. The van der Waals surface area contributed by atoms with E-state index in [1.54, 1.807) is 24.3 Å². The topological polar surface area (TPSA) is 68.9 Å². The molecule has 2 saturated heterocycles. The average Bonchev–Trinajstić information content (AvgIpc) is 3.36. The van der Waals surface area contributed by atoms with Crippen molar-refractivity contribution < 1.29 is 19.0 Å². The van der Waals surface area contributed by atoms with Gasteiger partial charge in [0.15, 0.2) is 0 Å². The van der Waals surface area contributed by atoms with Crippen LogP contribution in [0.4, 0.5) is 4.39 Å². The van der Waals surface area contributed by atoms with Crippen molar-refractivity contribution in [2.24, 2.45) is 11.8 Å². The van der Waals surface area contributed by atoms with Crippen molar-refractivity contribution in [2.45, 2.75) is 18.5 Å². The Hall–Kier alpha value is -1.73. The number of hydrogen-bond acceptors (Lipinski definition) is 5. The summed E-state index contributed by atoms with van der Waals surface area (Å²) in [5.74, 6) is 1.27. The van der Waals surface area contributed by atoms with Gasteiger partial charge in [-0.15, -0.1) is 0 Å². The molecule has 140 valence electrons. The van der Waals surface area contributed by atoms with Gasteiger partial charge < -0.3 is 19.5 Å². The molecule has 2 aliphatic heterocycles. The van der Waals surface area contributed by atoms with Crippen molar-refractivity contribution >= 4 is 0 Å². The highest BCUT2D eigenvalue weighted by molar-refractivity contribution is 5.58. The number of likely N-dealkylation sites (tertiary alicyclic amines) is 1. The summed E-state index contributed by atoms with van der Waals surface area (Å²) in [4.78, 5) is 2.34. The second-order valence-corrected chi connectivity index (χ2v) is 7.40. The summed E-state index contributed by atoms with van der Waals surface area (Å²) in [5, 5.41) is 23.4. The lowest BCUT2D eigenvalue weighted by Gasteiger charge is -2.32. The Bertz CT molecular complexity index is 774. The van der Waals surface area contributed by atoms with Gasteiger partial charge in [-0.3, -0.25) is 5.32 Å². The molecular formula is C20H25FN2O3. The van der Waals surface area contributed by atoms with Crippen LogP contribution >= 0.6 is 0 Å². The zero-order chi connectivity index (χ0) is 18.3. The van der Waals surface area contributed by atoms with E-state index < -0.39 is 5.54 Å². The van der Waals surface area contributed by atoms with E-state index in [2.05, 4.69) is 17.1 Å². The van der Waals surface area contributed by atoms with E-state index in [0.29, 0.717) is 11.3 Å². The van der Waals surface area contributed by atoms with Crippen molar-refractivity contribution in [1.29, 1.82) is 0 Å². The normalized spacial score (nSPS) is 27.8. The highest BCUT2D eigenvalue weighted by atomic mass is 19.1. The van der Waals surface area contributed by atoms with Crippen LogP contribution in [0.3, 0.4) is 0 Å². The summed E-state index contributed by atoms with van der Waals surface area (Å²) >= 11 is 0. The number of halogens is 1. The van der Waals surface area contributed by atoms with Gasteiger partial charge in [0.25, 0.3) is 0 Å². The zero-order valence-corrected chi connectivity index (χ0v) is 14.9. The first-order valence-corrected chi connectivity index (χ1v) is 9.18. The number of aliphatic hydroxyl groups is 2. The molecule has 0 aliphatic carbocycles. The van der Waals surface area contributed by atoms with Crippen molar-refractivity contribution in [3.63, 3.8) is 0 Å². The van der Waals surface area contributed by atoms with Gasteiger partial charge in [0, 0.05) is 24.9 Å². The Balaban J connectivity index is 1.67. The Labute approximate surface area is 152 Å². The van der Waals surface area contributed by atoms with Crippen molar-refractivity contribution in [1.82, 2.24) is 10.2 Å². The number of benzene rings is 1. The molecular weight excluding hydrogens is 335 g/mol. The minimum Gasteiger partial charge on any atom is -0.459 e. The second kappa shape index (κ2) is 6.78. The van der Waals surface area contributed by atoms with Crippen molar-refractivity contribution in [3.8, 4) is 11.3 Å². The molecule has 0 spiro atoms. The van der Waals surface area contributed by atoms with Crippen LogP contribution < -0.4 is 5.32 Å². The van der Waals surface area contributed by atoms with E-state index in [4.69, 9.17) is 4.42 Å². The van der Waals surface area contributed by atoms with E-state index in [9.17, 15) is 14.6 Å². The molecule has 0 radical (unpaired) electrons. The fourth-order valence-corrected chi connectivity index (χ4v) is 4.60. The van der Waals surface area contributed by atoms with Crippen LogP contribution in [0.5, 0.6) is 0 Å². The molecule has 26 heavy (non-hydrogen) atoms. The van der Waals surface area contributed by atoms with Crippen LogP contribution in [0, 0.1) is 17.7 Å². The second-order valence-electron chi connectivity index (χ2n) is 7.40. The molecule has 1 aromatic heterocycles. The molecule has 3 N–H and O–H groups in total. The van der Waals surface area contributed by atoms with Crippen LogP contribution in [0.15, 0.2) is 40.8 Å². The highest BCUT2D eigenvalue weighted by Crippen LogP contribution is 2.47. The summed E-state index contributed by atoms with van der Waals surface area (Å²) in [6, 6.07) is 10.1. The molecule has 1 aromatic carbocycles. The maximum atomic E-state index is 14.1. The Morgan fingerprint density at radius 1 is 1.19 bits per heavy atom. The molecule has 3 heterocycles. The van der Waals surface area contributed by atoms with Gasteiger partial charge in [-0.1, -0.05) is 19.1 Å². The molecule has 5 nitrogen and oxygen atoms in total. The predicted molar refractivity (Wildman–Crippen MR) is 96.0 cm³/mol. The number of rotatable bonds is 5. The third-order valence-electron chi connectivity index (χ3n) is 6.11. The molecule has 3 atom stereocenters. The predicted octanol–water partition coefficient (Wildman–Crippen LogP) is 2.02. The molecule has 0 amide bonds. The first-order chi connectivity index (χ1) is 12.6. The van der Waals surface area contributed by atoms with E-state index in [0.717, 1.165) is 25.4 Å². The van der Waals surface area contributed by atoms with E-state index in [1.165, 1.54) is 6.07 Å². The van der Waals surface area contributed by atoms with Crippen LogP contribution in [0.1, 0.15) is 18.7 Å². The number of hydrogen-bond donors (Lipinski definition) is 3. The quantitative estimate of drug-likeness (QED) is 0.761. The molecule has 2 aromatic rings. The van der Waals surface area contributed by atoms with Gasteiger partial charge in [-0.25, -0.2) is 4.39 Å². The van der Waals surface area contributed by atoms with Crippen LogP contribution in [-0.2, 0) is 0 Å². The largest absolute Gasteiger partial charge is 0.459 e. The van der Waals surface area contributed by atoms with Gasteiger partial charge in [0.05, 0.1) is 30.4 Å². The lowest BCUT2D eigenvalue weighted by molar-refractivity contribution is 0.0662.